The van der Waals surface area contributed by atoms with Gasteiger partial charge in [-0.15, -0.1) is 0 Å². The topological polar surface area (TPSA) is 222 Å². The molecule has 0 aromatic rings. The number of hydrogen-bond acceptors (Lipinski definition) is 7. The van der Waals surface area contributed by atoms with Gasteiger partial charge < -0.3 is 37.4 Å². The van der Waals surface area contributed by atoms with Gasteiger partial charge in [-0.2, -0.15) is 0 Å². The maximum absolute atomic E-state index is 12.0. The third-order valence-electron chi connectivity index (χ3n) is 2.85. The summed E-state index contributed by atoms with van der Waals surface area (Å²) in [5, 5.41) is 30.6. The number of hydrogen-bond donors (Lipinski definition) is 7. The lowest BCUT2D eigenvalue weighted by Crippen LogP contribution is -2.57. The van der Waals surface area contributed by atoms with Crippen LogP contribution in [0.3, 0.4) is 0 Å². The van der Waals surface area contributed by atoms with Gasteiger partial charge in [-0.25, -0.2) is 4.79 Å². The Morgan fingerprint density at radius 2 is 1.46 bits per heavy atom. The molecular formula is C12H20N4O8. The highest BCUT2D eigenvalue weighted by Crippen LogP contribution is 1.99. The molecule has 4 unspecified atom stereocenters. The van der Waals surface area contributed by atoms with E-state index in [-0.39, 0.29) is 0 Å². The number of carbonyl (C=O) groups is 5. The molecule has 0 heterocycles. The first-order chi connectivity index (χ1) is 11.0. The molecular weight excluding hydrogens is 328 g/mol. The number of primary amides is 1. The van der Waals surface area contributed by atoms with E-state index in [0.717, 1.165) is 0 Å². The third-order valence-corrected chi connectivity index (χ3v) is 2.85. The Bertz CT molecular complexity index is 521. The summed E-state index contributed by atoms with van der Waals surface area (Å²) in [6.45, 7) is 1.22. The molecule has 0 aliphatic carbocycles. The molecule has 0 aromatic heterocycles. The monoisotopic (exact) mass is 348 g/mol. The van der Waals surface area contributed by atoms with Crippen molar-refractivity contribution >= 4 is 29.7 Å². The summed E-state index contributed by atoms with van der Waals surface area (Å²) in [4.78, 5) is 56.3. The molecule has 0 aliphatic rings. The minimum Gasteiger partial charge on any atom is -0.481 e. The zero-order valence-corrected chi connectivity index (χ0v) is 12.8. The van der Waals surface area contributed by atoms with Gasteiger partial charge in [0.05, 0.1) is 18.9 Å². The van der Waals surface area contributed by atoms with Crippen LogP contribution in [0.5, 0.6) is 0 Å². The van der Waals surface area contributed by atoms with Crippen LogP contribution in [0, 0.1) is 0 Å². The van der Waals surface area contributed by atoms with Crippen molar-refractivity contribution in [1.29, 1.82) is 0 Å². The Morgan fingerprint density at radius 3 is 1.83 bits per heavy atom. The third kappa shape index (κ3) is 7.51. The first-order valence-corrected chi connectivity index (χ1v) is 6.73. The second kappa shape index (κ2) is 9.42. The highest BCUT2D eigenvalue weighted by Gasteiger charge is 2.30. The van der Waals surface area contributed by atoms with Crippen LogP contribution >= 0.6 is 0 Å². The van der Waals surface area contributed by atoms with E-state index in [1.807, 2.05) is 10.6 Å². The lowest BCUT2D eigenvalue weighted by Gasteiger charge is -2.22. The molecule has 0 fully saturated rings. The number of amides is 3. The first-order valence-electron chi connectivity index (χ1n) is 6.73. The van der Waals surface area contributed by atoms with E-state index in [1.54, 1.807) is 0 Å². The largest absolute Gasteiger partial charge is 0.481 e. The second-order valence-electron chi connectivity index (χ2n) is 5.00. The van der Waals surface area contributed by atoms with Crippen LogP contribution in [0.15, 0.2) is 0 Å². The molecule has 0 aliphatic heterocycles. The van der Waals surface area contributed by atoms with E-state index in [0.29, 0.717) is 0 Å². The van der Waals surface area contributed by atoms with E-state index in [9.17, 15) is 29.1 Å². The molecule has 12 nitrogen and oxygen atoms in total. The Labute approximate surface area is 136 Å². The van der Waals surface area contributed by atoms with Crippen molar-refractivity contribution in [3.63, 3.8) is 0 Å². The summed E-state index contributed by atoms with van der Waals surface area (Å²) >= 11 is 0. The molecule has 0 bridgehead atoms. The van der Waals surface area contributed by atoms with Crippen molar-refractivity contribution in [1.82, 2.24) is 10.6 Å². The number of aliphatic hydroxyl groups excluding tert-OH is 1. The summed E-state index contributed by atoms with van der Waals surface area (Å²) in [5.41, 5.74) is 10.3. The molecule has 24 heavy (non-hydrogen) atoms. The maximum atomic E-state index is 12.0. The molecule has 136 valence electrons. The van der Waals surface area contributed by atoms with Crippen LogP contribution in [-0.4, -0.2) is 69.2 Å². The van der Waals surface area contributed by atoms with Gasteiger partial charge >= 0.3 is 11.9 Å². The molecule has 9 N–H and O–H groups in total. The standard InChI is InChI=1S/C12H20N4O8/c1-4(17)9(14)11(22)15-5(2-7(13)18)10(21)16-6(12(23)24)3-8(19)20/h4-6,9,17H,2-3,14H2,1H3,(H2,13,18)(H,15,22)(H,16,21)(H,19,20)(H,23,24). The first kappa shape index (κ1) is 21.3. The predicted molar refractivity (Wildman–Crippen MR) is 77.2 cm³/mol. The number of carboxylic acid groups (broad SMARTS) is 2. The predicted octanol–water partition coefficient (Wildman–Crippen LogP) is -3.90. The van der Waals surface area contributed by atoms with Crippen LogP contribution < -0.4 is 22.1 Å². The van der Waals surface area contributed by atoms with Crippen LogP contribution in [0.1, 0.15) is 19.8 Å². The number of aliphatic hydroxyl groups is 1. The molecule has 0 rings (SSSR count). The fraction of sp³-hybridized carbons (Fsp3) is 0.583. The van der Waals surface area contributed by atoms with Gasteiger partial charge in [-0.05, 0) is 6.92 Å². The zero-order chi connectivity index (χ0) is 19.0. The zero-order valence-electron chi connectivity index (χ0n) is 12.8. The van der Waals surface area contributed by atoms with Crippen molar-refractivity contribution in [2.75, 3.05) is 0 Å². The van der Waals surface area contributed by atoms with Crippen molar-refractivity contribution < 1.29 is 39.3 Å². The highest BCUT2D eigenvalue weighted by molar-refractivity contribution is 5.95. The number of carboxylic acids is 2. The van der Waals surface area contributed by atoms with E-state index in [1.165, 1.54) is 6.92 Å². The Hall–Kier alpha value is -2.73. The van der Waals surface area contributed by atoms with Crippen molar-refractivity contribution in [2.45, 2.75) is 44.0 Å². The smallest absolute Gasteiger partial charge is 0.326 e. The Morgan fingerprint density at radius 1 is 0.958 bits per heavy atom. The van der Waals surface area contributed by atoms with E-state index >= 15 is 0 Å². The van der Waals surface area contributed by atoms with E-state index < -0.39 is 66.7 Å². The number of aliphatic carboxylic acids is 2. The molecule has 0 saturated heterocycles. The number of rotatable bonds is 10. The maximum Gasteiger partial charge on any atom is 0.326 e. The van der Waals surface area contributed by atoms with Gasteiger partial charge in [0.15, 0.2) is 0 Å². The van der Waals surface area contributed by atoms with Crippen LogP contribution in [0.4, 0.5) is 0 Å². The molecule has 3 amide bonds. The van der Waals surface area contributed by atoms with Gasteiger partial charge in [0, 0.05) is 0 Å². The lowest BCUT2D eigenvalue weighted by molar-refractivity contribution is -0.147. The summed E-state index contributed by atoms with van der Waals surface area (Å²) < 4.78 is 0. The Kier molecular flexibility index (Phi) is 8.35. The van der Waals surface area contributed by atoms with Crippen LogP contribution in [0.25, 0.3) is 0 Å². The molecule has 0 spiro atoms. The molecule has 0 radical (unpaired) electrons. The van der Waals surface area contributed by atoms with Crippen molar-refractivity contribution in [3.05, 3.63) is 0 Å². The lowest BCUT2D eigenvalue weighted by atomic mass is 10.1. The average molecular weight is 348 g/mol. The second-order valence-corrected chi connectivity index (χ2v) is 5.00. The minimum absolute atomic E-state index is 0.677. The highest BCUT2D eigenvalue weighted by atomic mass is 16.4. The van der Waals surface area contributed by atoms with Gasteiger partial charge in [-0.1, -0.05) is 0 Å². The molecule has 0 saturated carbocycles. The van der Waals surface area contributed by atoms with E-state index in [2.05, 4.69) is 0 Å². The Balaban J connectivity index is 5.11. The van der Waals surface area contributed by atoms with Crippen molar-refractivity contribution in [3.8, 4) is 0 Å². The average Bonchev–Trinajstić information content (AvgIpc) is 2.43. The summed E-state index contributed by atoms with van der Waals surface area (Å²) in [5.74, 6) is -6.18. The van der Waals surface area contributed by atoms with Crippen LogP contribution in [-0.2, 0) is 24.0 Å². The SMILES string of the molecule is CC(O)C(N)C(=O)NC(CC(N)=O)C(=O)NC(CC(=O)O)C(=O)O. The fourth-order valence-electron chi connectivity index (χ4n) is 1.54. The molecule has 0 aromatic carbocycles. The van der Waals surface area contributed by atoms with Crippen LogP contribution in [0.2, 0.25) is 0 Å². The van der Waals surface area contributed by atoms with Gasteiger partial charge in [0.25, 0.3) is 0 Å². The van der Waals surface area contributed by atoms with Gasteiger partial charge in [-0.3, -0.25) is 19.2 Å². The van der Waals surface area contributed by atoms with Gasteiger partial charge in [0.2, 0.25) is 17.7 Å². The number of carbonyl (C=O) groups excluding carboxylic acids is 3. The van der Waals surface area contributed by atoms with E-state index in [4.69, 9.17) is 21.7 Å². The minimum atomic E-state index is -1.77. The fourth-order valence-corrected chi connectivity index (χ4v) is 1.54. The molecule has 12 heteroatoms. The summed E-state index contributed by atoms with van der Waals surface area (Å²) in [7, 11) is 0. The van der Waals surface area contributed by atoms with Crippen molar-refractivity contribution in [2.24, 2.45) is 11.5 Å². The van der Waals surface area contributed by atoms with Gasteiger partial charge in [0.1, 0.15) is 18.1 Å². The quantitative estimate of drug-likeness (QED) is 0.204. The number of nitrogens with two attached hydrogens (primary N) is 2. The summed E-state index contributed by atoms with van der Waals surface area (Å²) in [6, 6.07) is -4.74. The molecule has 4 atom stereocenters. The number of nitrogens with one attached hydrogen (secondary N) is 2. The summed E-state index contributed by atoms with van der Waals surface area (Å²) in [6.07, 6.45) is -2.84. The normalized spacial score (nSPS) is 15.5.